The monoisotopic (exact) mass is 956 g/mol. The third-order valence-electron chi connectivity index (χ3n) is 14.5. The average Bonchev–Trinajstić information content (AvgIpc) is 3.34. The first-order valence-electron chi connectivity index (χ1n) is 30.8. The highest BCUT2D eigenvalue weighted by Crippen LogP contribution is 2.18. The van der Waals surface area contributed by atoms with Gasteiger partial charge < -0.3 is 20.6 Å². The van der Waals surface area contributed by atoms with Gasteiger partial charge in [-0.2, -0.15) is 0 Å². The predicted octanol–water partition coefficient (Wildman–Crippen LogP) is 19.4. The lowest BCUT2D eigenvalue weighted by Crippen LogP contribution is -2.48. The number of nitrogens with one attached hydrogen (secondary N) is 1. The number of aliphatic hydroxyl groups excluding tert-OH is 3. The number of amides is 1. The molecule has 5 nitrogen and oxygen atoms in total. The molecule has 0 heterocycles. The normalized spacial score (nSPS) is 13.4. The lowest BCUT2D eigenvalue weighted by Gasteiger charge is -2.21. The zero-order valence-corrected chi connectivity index (χ0v) is 46.0. The van der Waals surface area contributed by atoms with Gasteiger partial charge in [-0.3, -0.25) is 4.79 Å². The Balaban J connectivity index is 3.52. The smallest absolute Gasteiger partial charge is 0.249 e. The van der Waals surface area contributed by atoms with Crippen molar-refractivity contribution in [1.29, 1.82) is 0 Å². The van der Waals surface area contributed by atoms with Crippen LogP contribution in [0.2, 0.25) is 0 Å². The van der Waals surface area contributed by atoms with E-state index in [1.54, 1.807) is 6.08 Å². The van der Waals surface area contributed by atoms with Gasteiger partial charge in [0.05, 0.1) is 18.8 Å². The van der Waals surface area contributed by atoms with Crippen LogP contribution in [0.3, 0.4) is 0 Å². The molecule has 0 rings (SSSR count). The second-order valence-electron chi connectivity index (χ2n) is 21.3. The Bertz CT molecular complexity index is 1060. The fourth-order valence-corrected chi connectivity index (χ4v) is 9.69. The van der Waals surface area contributed by atoms with Crippen LogP contribution in [0.4, 0.5) is 0 Å². The summed E-state index contributed by atoms with van der Waals surface area (Å²) in [6.45, 7) is 4.20. The molecule has 0 aliphatic rings. The summed E-state index contributed by atoms with van der Waals surface area (Å²) in [5.74, 6) is -0.511. The first-order valence-corrected chi connectivity index (χ1v) is 30.8. The molecule has 0 aliphatic heterocycles. The molecule has 0 bridgehead atoms. The van der Waals surface area contributed by atoms with Crippen molar-refractivity contribution < 1.29 is 20.1 Å². The lowest BCUT2D eigenvalue weighted by atomic mass is 10.0. The summed E-state index contributed by atoms with van der Waals surface area (Å²) in [7, 11) is 0. The minimum absolute atomic E-state index is 0.379. The van der Waals surface area contributed by atoms with Gasteiger partial charge in [0, 0.05) is 0 Å². The summed E-state index contributed by atoms with van der Waals surface area (Å²) < 4.78 is 0. The van der Waals surface area contributed by atoms with Gasteiger partial charge in [-0.1, -0.05) is 326 Å². The van der Waals surface area contributed by atoms with Gasteiger partial charge in [0.15, 0.2) is 0 Å². The van der Waals surface area contributed by atoms with E-state index >= 15 is 0 Å². The molecule has 0 fully saturated rings. The van der Waals surface area contributed by atoms with Crippen molar-refractivity contribution in [1.82, 2.24) is 5.32 Å². The third-order valence-corrected chi connectivity index (χ3v) is 14.5. The Hall–Kier alpha value is -1.43. The number of aliphatic hydroxyl groups is 3. The van der Waals surface area contributed by atoms with Gasteiger partial charge in [0.25, 0.3) is 0 Å². The van der Waals surface area contributed by atoms with Crippen molar-refractivity contribution in [3.8, 4) is 0 Å². The van der Waals surface area contributed by atoms with Gasteiger partial charge in [-0.05, 0) is 44.9 Å². The summed E-state index contributed by atoms with van der Waals surface area (Å²) in [6, 6.07) is -0.820. The van der Waals surface area contributed by atoms with Gasteiger partial charge in [-0.25, -0.2) is 0 Å². The summed E-state index contributed by atoms with van der Waals surface area (Å²) >= 11 is 0. The molecule has 0 spiro atoms. The highest BCUT2D eigenvalue weighted by atomic mass is 16.3. The Morgan fingerprint density at radius 2 is 0.603 bits per heavy atom. The van der Waals surface area contributed by atoms with Crippen LogP contribution in [0.25, 0.3) is 0 Å². The fraction of sp³-hybridized carbons (Fsp3) is 0.889. The van der Waals surface area contributed by atoms with Gasteiger partial charge in [0.2, 0.25) is 5.91 Å². The van der Waals surface area contributed by atoms with E-state index in [1.165, 1.54) is 270 Å². The number of allylic oxidation sites excluding steroid dienone is 5. The maximum atomic E-state index is 12.6. The zero-order valence-electron chi connectivity index (χ0n) is 46.0. The number of rotatable bonds is 57. The van der Waals surface area contributed by atoms with Crippen molar-refractivity contribution >= 4 is 5.91 Å². The molecule has 68 heavy (non-hydrogen) atoms. The standard InChI is InChI=1S/C63H121NO4/c1-3-5-7-9-11-13-15-17-19-21-23-25-26-27-28-29-30-31-32-33-34-35-36-37-38-40-42-44-46-48-50-52-54-56-58-62(67)63(68)64-60(59-65)61(66)57-55-53-51-49-47-45-43-41-39-24-22-20-18-16-14-12-10-8-6-4-2/h39,41,47,49,55,57,60-62,65-67H,3-38,40,42-46,48,50-54,56,58-59H2,1-2H3,(H,64,68)/b41-39+,49-47+,57-55+. The molecule has 3 atom stereocenters. The van der Waals surface area contributed by atoms with E-state index < -0.39 is 24.2 Å². The summed E-state index contributed by atoms with van der Waals surface area (Å²) in [5.41, 5.74) is 0. The van der Waals surface area contributed by atoms with Gasteiger partial charge >= 0.3 is 0 Å². The zero-order chi connectivity index (χ0) is 49.3. The predicted molar refractivity (Wildman–Crippen MR) is 301 cm³/mol. The number of carbonyl (C=O) groups excluding carboxylic acids is 1. The second-order valence-corrected chi connectivity index (χ2v) is 21.3. The van der Waals surface area contributed by atoms with Crippen LogP contribution in [-0.2, 0) is 4.79 Å². The van der Waals surface area contributed by atoms with Crippen LogP contribution in [0, 0.1) is 0 Å². The second kappa shape index (κ2) is 58.1. The van der Waals surface area contributed by atoms with Crippen LogP contribution < -0.4 is 5.32 Å². The topological polar surface area (TPSA) is 89.8 Å². The van der Waals surface area contributed by atoms with E-state index in [0.29, 0.717) is 6.42 Å². The number of carbonyl (C=O) groups is 1. The summed E-state index contributed by atoms with van der Waals surface area (Å²) in [5, 5.41) is 33.4. The van der Waals surface area contributed by atoms with E-state index in [2.05, 4.69) is 43.5 Å². The van der Waals surface area contributed by atoms with Crippen molar-refractivity contribution in [2.75, 3.05) is 6.61 Å². The number of hydrogen-bond donors (Lipinski definition) is 4. The van der Waals surface area contributed by atoms with E-state index in [-0.39, 0.29) is 6.61 Å². The molecule has 0 aliphatic carbocycles. The highest BCUT2D eigenvalue weighted by Gasteiger charge is 2.22. The Kier molecular flexibility index (Phi) is 56.9. The molecule has 0 aromatic rings. The SMILES string of the molecule is CCCCCCCCCCCC/C=C/CC/C=C/CC/C=C/C(O)C(CO)NC(=O)C(O)CCCCCCCCCCCCCCCCCCCCCCCCCCCCCCCCCCCC. The number of unbranched alkanes of at least 4 members (excludes halogenated alkanes) is 45. The molecular formula is C63H121NO4. The Labute approximate surface area is 425 Å². The highest BCUT2D eigenvalue weighted by molar-refractivity contribution is 5.80. The molecule has 402 valence electrons. The van der Waals surface area contributed by atoms with Crippen LogP contribution >= 0.6 is 0 Å². The maximum absolute atomic E-state index is 12.6. The molecule has 0 saturated heterocycles. The molecule has 5 heteroatoms. The number of hydrogen-bond acceptors (Lipinski definition) is 4. The lowest BCUT2D eigenvalue weighted by molar-refractivity contribution is -0.131. The van der Waals surface area contributed by atoms with Gasteiger partial charge in [-0.15, -0.1) is 0 Å². The molecule has 0 aromatic heterocycles. The van der Waals surface area contributed by atoms with E-state index in [4.69, 9.17) is 0 Å². The largest absolute Gasteiger partial charge is 0.394 e. The Morgan fingerprint density at radius 1 is 0.353 bits per heavy atom. The quantitative estimate of drug-likeness (QED) is 0.0361. The van der Waals surface area contributed by atoms with Crippen molar-refractivity contribution in [3.63, 3.8) is 0 Å². The molecular weight excluding hydrogens is 835 g/mol. The molecule has 0 radical (unpaired) electrons. The van der Waals surface area contributed by atoms with Crippen molar-refractivity contribution in [2.45, 2.75) is 353 Å². The van der Waals surface area contributed by atoms with Crippen LogP contribution in [0.1, 0.15) is 335 Å². The molecule has 0 aromatic carbocycles. The fourth-order valence-electron chi connectivity index (χ4n) is 9.69. The van der Waals surface area contributed by atoms with Crippen molar-refractivity contribution in [3.05, 3.63) is 36.5 Å². The third kappa shape index (κ3) is 52.4. The van der Waals surface area contributed by atoms with Crippen LogP contribution in [0.15, 0.2) is 36.5 Å². The van der Waals surface area contributed by atoms with Crippen molar-refractivity contribution in [2.24, 2.45) is 0 Å². The molecule has 1 amide bonds. The maximum Gasteiger partial charge on any atom is 0.249 e. The first-order chi connectivity index (χ1) is 33.6. The average molecular weight is 957 g/mol. The first kappa shape index (κ1) is 66.6. The summed E-state index contributed by atoms with van der Waals surface area (Å²) in [6.07, 6.45) is 76.9. The Morgan fingerprint density at radius 3 is 0.897 bits per heavy atom. The van der Waals surface area contributed by atoms with E-state index in [1.807, 2.05) is 6.08 Å². The van der Waals surface area contributed by atoms with Crippen LogP contribution in [0.5, 0.6) is 0 Å². The minimum atomic E-state index is -1.11. The van der Waals surface area contributed by atoms with Gasteiger partial charge in [0.1, 0.15) is 6.10 Å². The van der Waals surface area contributed by atoms with E-state index in [0.717, 1.165) is 44.9 Å². The summed E-state index contributed by atoms with van der Waals surface area (Å²) in [4.78, 5) is 12.6. The van der Waals surface area contributed by atoms with E-state index in [9.17, 15) is 20.1 Å². The molecule has 3 unspecified atom stereocenters. The molecule has 4 N–H and O–H groups in total. The molecule has 0 saturated carbocycles. The minimum Gasteiger partial charge on any atom is -0.394 e. The van der Waals surface area contributed by atoms with Crippen LogP contribution in [-0.4, -0.2) is 46.1 Å².